The third-order valence-corrected chi connectivity index (χ3v) is 6.47. The molecule has 0 saturated heterocycles. The smallest absolute Gasteiger partial charge is 0.120 e. The van der Waals surface area contributed by atoms with E-state index in [0.717, 1.165) is 25.0 Å². The number of rotatable bonds is 5. The van der Waals surface area contributed by atoms with Crippen LogP contribution >= 0.6 is 11.8 Å². The zero-order valence-corrected chi connectivity index (χ0v) is 14.4. The van der Waals surface area contributed by atoms with Gasteiger partial charge in [-0.3, -0.25) is 0 Å². The van der Waals surface area contributed by atoms with Crippen molar-refractivity contribution in [2.24, 2.45) is 5.41 Å². The Balaban J connectivity index is 1.82. The van der Waals surface area contributed by atoms with Crippen molar-refractivity contribution >= 4 is 11.8 Å². The number of methoxy groups -OCH3 is 2. The van der Waals surface area contributed by atoms with E-state index in [1.165, 1.54) is 9.80 Å². The molecule has 1 aromatic rings. The topological polar surface area (TPSA) is 27.7 Å². The minimum Gasteiger partial charge on any atom is -0.499 e. The Labute approximate surface area is 141 Å². The van der Waals surface area contributed by atoms with Crippen molar-refractivity contribution in [2.45, 2.75) is 35.9 Å². The molecule has 1 aliphatic carbocycles. The molecule has 1 aromatic carbocycles. The Morgan fingerprint density at radius 2 is 2.04 bits per heavy atom. The van der Waals surface area contributed by atoms with E-state index in [9.17, 15) is 0 Å². The second-order valence-corrected chi connectivity index (χ2v) is 7.58. The Morgan fingerprint density at radius 3 is 2.78 bits per heavy atom. The molecule has 4 heteroatoms. The van der Waals surface area contributed by atoms with E-state index in [-0.39, 0.29) is 17.1 Å². The van der Waals surface area contributed by atoms with Crippen LogP contribution < -0.4 is 0 Å². The van der Waals surface area contributed by atoms with E-state index in [1.807, 2.05) is 6.07 Å². The molecule has 0 radical (unpaired) electrons. The lowest BCUT2D eigenvalue weighted by atomic mass is 9.72. The molecular weight excluding hydrogens is 308 g/mol. The van der Waals surface area contributed by atoms with Crippen LogP contribution in [-0.4, -0.2) is 32.5 Å². The second kappa shape index (κ2) is 5.69. The van der Waals surface area contributed by atoms with Gasteiger partial charge in [0.1, 0.15) is 17.5 Å². The molecule has 23 heavy (non-hydrogen) atoms. The highest BCUT2D eigenvalue weighted by molar-refractivity contribution is 8.03. The quantitative estimate of drug-likeness (QED) is 0.758. The first-order valence-electron chi connectivity index (χ1n) is 8.12. The van der Waals surface area contributed by atoms with Gasteiger partial charge >= 0.3 is 0 Å². The molecule has 2 aliphatic heterocycles. The molecule has 1 saturated carbocycles. The van der Waals surface area contributed by atoms with Gasteiger partial charge in [0.2, 0.25) is 0 Å². The Hall–Kier alpha value is -1.23. The van der Waals surface area contributed by atoms with Gasteiger partial charge in [0, 0.05) is 12.0 Å². The van der Waals surface area contributed by atoms with E-state index in [4.69, 9.17) is 14.2 Å². The zero-order valence-electron chi connectivity index (χ0n) is 13.6. The highest BCUT2D eigenvalue weighted by atomic mass is 32.2. The molecule has 0 N–H and O–H groups in total. The summed E-state index contributed by atoms with van der Waals surface area (Å²) in [5.74, 6) is 1.06. The van der Waals surface area contributed by atoms with Crippen molar-refractivity contribution in [3.8, 4) is 0 Å². The number of thioether (sulfide) groups is 1. The normalized spacial score (nSPS) is 34.8. The average Bonchev–Trinajstić information content (AvgIpc) is 3.14. The van der Waals surface area contributed by atoms with Crippen molar-refractivity contribution in [2.75, 3.05) is 20.8 Å². The molecule has 2 bridgehead atoms. The van der Waals surface area contributed by atoms with Crippen molar-refractivity contribution in [3.63, 3.8) is 0 Å². The van der Waals surface area contributed by atoms with Crippen LogP contribution in [0.5, 0.6) is 0 Å². The van der Waals surface area contributed by atoms with Gasteiger partial charge in [-0.15, -0.1) is 0 Å². The van der Waals surface area contributed by atoms with Gasteiger partial charge in [-0.2, -0.15) is 0 Å². The summed E-state index contributed by atoms with van der Waals surface area (Å²) in [6.45, 7) is 0.631. The molecule has 1 fully saturated rings. The number of benzene rings is 1. The summed E-state index contributed by atoms with van der Waals surface area (Å²) in [6, 6.07) is 10.4. The van der Waals surface area contributed by atoms with Crippen molar-refractivity contribution in [1.82, 2.24) is 0 Å². The molecule has 4 rings (SSSR count). The third kappa shape index (κ3) is 2.12. The standard InChI is InChI=1S/C19H22O3S/c1-20-13-18-10-6-11-19(18)12-9-15(22-19)16(17(18)21-2)23-14-7-4-3-5-8-14/h3-5,7-9,12,15H,6,10-11,13H2,1-2H3/t15-,18+,19+/m0/s1. The van der Waals surface area contributed by atoms with Crippen molar-refractivity contribution in [1.29, 1.82) is 0 Å². The fourth-order valence-corrected chi connectivity index (χ4v) is 5.56. The lowest BCUT2D eigenvalue weighted by Gasteiger charge is -2.47. The SMILES string of the molecule is COC[C@@]12CCC[C@@]13C=C[C@H](O3)C(Sc1ccccc1)=C2OC. The molecular formula is C19H22O3S. The fraction of sp³-hybridized carbons (Fsp3) is 0.474. The molecule has 1 spiro atoms. The minimum absolute atomic E-state index is 0.00163. The number of hydrogen-bond acceptors (Lipinski definition) is 4. The highest BCUT2D eigenvalue weighted by Crippen LogP contribution is 2.62. The maximum absolute atomic E-state index is 6.53. The van der Waals surface area contributed by atoms with E-state index in [1.54, 1.807) is 26.0 Å². The van der Waals surface area contributed by atoms with Crippen LogP contribution in [0, 0.1) is 5.41 Å². The largest absolute Gasteiger partial charge is 0.499 e. The lowest BCUT2D eigenvalue weighted by molar-refractivity contribution is -0.122. The van der Waals surface area contributed by atoms with Gasteiger partial charge in [0.05, 0.1) is 24.0 Å². The van der Waals surface area contributed by atoms with E-state index in [2.05, 4.69) is 36.4 Å². The lowest BCUT2D eigenvalue weighted by Crippen LogP contribution is -2.52. The highest BCUT2D eigenvalue weighted by Gasteiger charge is 2.64. The molecule has 3 nitrogen and oxygen atoms in total. The Bertz CT molecular complexity index is 654. The first-order valence-corrected chi connectivity index (χ1v) is 8.94. The number of fused-ring (bicyclic) bond motifs is 1. The minimum atomic E-state index is -0.250. The predicted octanol–water partition coefficient (Wildman–Crippen LogP) is 4.16. The first kappa shape index (κ1) is 15.3. The van der Waals surface area contributed by atoms with Gasteiger partial charge < -0.3 is 14.2 Å². The van der Waals surface area contributed by atoms with Crippen LogP contribution in [0.1, 0.15) is 19.3 Å². The average molecular weight is 330 g/mol. The molecule has 0 amide bonds. The van der Waals surface area contributed by atoms with Gasteiger partial charge in [0.25, 0.3) is 0 Å². The van der Waals surface area contributed by atoms with Crippen LogP contribution in [0.2, 0.25) is 0 Å². The Morgan fingerprint density at radius 1 is 1.22 bits per heavy atom. The molecule has 3 aliphatic rings. The van der Waals surface area contributed by atoms with Gasteiger partial charge in [-0.25, -0.2) is 0 Å². The van der Waals surface area contributed by atoms with Crippen LogP contribution in [0.25, 0.3) is 0 Å². The van der Waals surface area contributed by atoms with Gasteiger partial charge in [-0.05, 0) is 31.4 Å². The number of ether oxygens (including phenoxy) is 3. The molecule has 0 unspecified atom stereocenters. The third-order valence-electron chi connectivity index (χ3n) is 5.32. The summed E-state index contributed by atoms with van der Waals surface area (Å²) in [5.41, 5.74) is -0.448. The van der Waals surface area contributed by atoms with Crippen LogP contribution in [0.15, 0.2) is 58.0 Å². The maximum Gasteiger partial charge on any atom is 0.120 e. The molecule has 3 atom stereocenters. The monoisotopic (exact) mass is 330 g/mol. The summed E-state index contributed by atoms with van der Waals surface area (Å²) in [7, 11) is 3.55. The summed E-state index contributed by atoms with van der Waals surface area (Å²) < 4.78 is 18.1. The number of hydrogen-bond donors (Lipinski definition) is 0. The van der Waals surface area contributed by atoms with E-state index in [0.29, 0.717) is 6.61 Å². The van der Waals surface area contributed by atoms with Crippen LogP contribution in [0.3, 0.4) is 0 Å². The second-order valence-electron chi connectivity index (χ2n) is 6.47. The van der Waals surface area contributed by atoms with Gasteiger partial charge in [-0.1, -0.05) is 42.1 Å². The van der Waals surface area contributed by atoms with Crippen molar-refractivity contribution in [3.05, 3.63) is 53.1 Å². The predicted molar refractivity (Wildman–Crippen MR) is 91.2 cm³/mol. The van der Waals surface area contributed by atoms with Gasteiger partial charge in [0.15, 0.2) is 0 Å². The molecule has 2 heterocycles. The molecule has 0 aromatic heterocycles. The zero-order chi connectivity index (χ0) is 15.9. The molecule has 122 valence electrons. The van der Waals surface area contributed by atoms with Crippen LogP contribution in [-0.2, 0) is 14.2 Å². The first-order chi connectivity index (χ1) is 11.2. The van der Waals surface area contributed by atoms with Crippen molar-refractivity contribution < 1.29 is 14.2 Å². The maximum atomic E-state index is 6.53. The summed E-state index contributed by atoms with van der Waals surface area (Å²) in [6.07, 6.45) is 7.68. The summed E-state index contributed by atoms with van der Waals surface area (Å²) >= 11 is 1.75. The fourth-order valence-electron chi connectivity index (χ4n) is 4.40. The van der Waals surface area contributed by atoms with E-state index >= 15 is 0 Å². The Kier molecular flexibility index (Phi) is 3.79. The summed E-state index contributed by atoms with van der Waals surface area (Å²) in [5, 5.41) is 0. The summed E-state index contributed by atoms with van der Waals surface area (Å²) in [4.78, 5) is 2.38. The van der Waals surface area contributed by atoms with E-state index < -0.39 is 0 Å². The van der Waals surface area contributed by atoms with Crippen LogP contribution in [0.4, 0.5) is 0 Å².